The van der Waals surface area contributed by atoms with Gasteiger partial charge in [0.15, 0.2) is 0 Å². The third kappa shape index (κ3) is 2.62. The fourth-order valence-corrected chi connectivity index (χ4v) is 0.727. The van der Waals surface area contributed by atoms with Gasteiger partial charge in [-0.05, 0) is 13.3 Å². The smallest absolute Gasteiger partial charge is 0.293 e. The van der Waals surface area contributed by atoms with Crippen LogP contribution in [0.2, 0.25) is 0 Å². The highest BCUT2D eigenvalue weighted by atomic mass is 16.5. The molecule has 3 heteroatoms. The summed E-state index contributed by atoms with van der Waals surface area (Å²) in [5.74, 6) is -0.162. The van der Waals surface area contributed by atoms with Crippen molar-refractivity contribution in [1.82, 2.24) is 0 Å². The Balaban J connectivity index is 3.74. The van der Waals surface area contributed by atoms with Gasteiger partial charge in [-0.25, -0.2) is 0 Å². The Morgan fingerprint density at radius 3 is 2.40 bits per heavy atom. The minimum Gasteiger partial charge on any atom is -0.464 e. The zero-order chi connectivity index (χ0) is 7.98. The lowest BCUT2D eigenvalue weighted by atomic mass is 10.0. The van der Waals surface area contributed by atoms with E-state index in [2.05, 4.69) is 4.74 Å². The summed E-state index contributed by atoms with van der Waals surface area (Å²) in [7, 11) is 0. The first kappa shape index (κ1) is 9.14. The van der Waals surface area contributed by atoms with Crippen LogP contribution in [0.25, 0.3) is 0 Å². The number of carbonyl (C=O) groups is 2. The van der Waals surface area contributed by atoms with Gasteiger partial charge in [-0.15, -0.1) is 0 Å². The Bertz CT molecular complexity index is 111. The molecule has 0 aliphatic rings. The molecule has 0 aliphatic carbocycles. The lowest BCUT2D eigenvalue weighted by Gasteiger charge is -2.13. The van der Waals surface area contributed by atoms with Gasteiger partial charge >= 0.3 is 0 Å². The molecule has 3 nitrogen and oxygen atoms in total. The average Bonchev–Trinajstić information content (AvgIpc) is 1.91. The fraction of sp³-hybridized carbons (Fsp3) is 0.714. The van der Waals surface area contributed by atoms with Gasteiger partial charge in [0.25, 0.3) is 6.47 Å². The van der Waals surface area contributed by atoms with E-state index in [0.717, 1.165) is 6.29 Å². The molecule has 0 fully saturated rings. The van der Waals surface area contributed by atoms with Crippen molar-refractivity contribution in [1.29, 1.82) is 0 Å². The second kappa shape index (κ2) is 4.97. The van der Waals surface area contributed by atoms with E-state index in [4.69, 9.17) is 0 Å². The van der Waals surface area contributed by atoms with E-state index in [1.54, 1.807) is 6.92 Å². The number of carbonyl (C=O) groups excluding carboxylic acids is 2. The summed E-state index contributed by atoms with van der Waals surface area (Å²) in [5.41, 5.74) is 0. The van der Waals surface area contributed by atoms with Gasteiger partial charge < -0.3 is 9.53 Å². The predicted octanol–water partition coefficient (Wildman–Crippen LogP) is 0.773. The van der Waals surface area contributed by atoms with Crippen molar-refractivity contribution >= 4 is 12.8 Å². The summed E-state index contributed by atoms with van der Waals surface area (Å²) in [6.07, 6.45) is 1.23. The molecule has 58 valence electrons. The molecule has 0 aromatic rings. The van der Waals surface area contributed by atoms with Crippen LogP contribution in [0.15, 0.2) is 0 Å². The molecule has 0 radical (unpaired) electrons. The highest BCUT2D eigenvalue weighted by Crippen LogP contribution is 2.07. The normalized spacial score (nSPS) is 15.4. The van der Waals surface area contributed by atoms with Gasteiger partial charge in [-0.3, -0.25) is 4.79 Å². The quantitative estimate of drug-likeness (QED) is 0.535. The molecule has 0 bridgehead atoms. The maximum absolute atomic E-state index is 10.3. The van der Waals surface area contributed by atoms with Crippen molar-refractivity contribution in [3.8, 4) is 0 Å². The van der Waals surface area contributed by atoms with Crippen LogP contribution in [0, 0.1) is 5.92 Å². The Morgan fingerprint density at radius 2 is 2.10 bits per heavy atom. The van der Waals surface area contributed by atoms with Crippen LogP contribution >= 0.6 is 0 Å². The number of hydrogen-bond donors (Lipinski definition) is 0. The molecule has 0 saturated heterocycles. The molecular weight excluding hydrogens is 132 g/mol. The SMILES string of the molecule is CC[C@H](C=O)[C@H](C)OC=O. The van der Waals surface area contributed by atoms with Crippen LogP contribution in [-0.4, -0.2) is 18.9 Å². The molecule has 0 saturated carbocycles. The Labute approximate surface area is 60.4 Å². The molecule has 10 heavy (non-hydrogen) atoms. The summed E-state index contributed by atoms with van der Waals surface area (Å²) in [6, 6.07) is 0. The molecule has 0 aromatic heterocycles. The molecule has 0 rings (SSSR count). The van der Waals surface area contributed by atoms with E-state index >= 15 is 0 Å². The minimum absolute atomic E-state index is 0.162. The van der Waals surface area contributed by atoms with E-state index in [1.165, 1.54) is 0 Å². The number of ether oxygens (including phenoxy) is 1. The van der Waals surface area contributed by atoms with Crippen LogP contribution in [0.4, 0.5) is 0 Å². The zero-order valence-electron chi connectivity index (χ0n) is 6.24. The number of rotatable bonds is 5. The standard InChI is InChI=1S/C7H12O3/c1-3-7(4-8)6(2)10-5-9/h4-7H,3H2,1-2H3/t6-,7+/m0/s1. The molecule has 0 aliphatic heterocycles. The largest absolute Gasteiger partial charge is 0.464 e. The lowest BCUT2D eigenvalue weighted by Crippen LogP contribution is -2.20. The molecule has 0 N–H and O–H groups in total. The van der Waals surface area contributed by atoms with Crippen molar-refractivity contribution in [2.45, 2.75) is 26.4 Å². The van der Waals surface area contributed by atoms with Crippen molar-refractivity contribution < 1.29 is 14.3 Å². The molecule has 0 spiro atoms. The topological polar surface area (TPSA) is 43.4 Å². The van der Waals surface area contributed by atoms with Gasteiger partial charge in [0, 0.05) is 0 Å². The highest BCUT2D eigenvalue weighted by Gasteiger charge is 2.14. The summed E-state index contributed by atoms with van der Waals surface area (Å²) in [4.78, 5) is 20.1. The molecule has 0 heterocycles. The summed E-state index contributed by atoms with van der Waals surface area (Å²) in [6.45, 7) is 3.96. The maximum atomic E-state index is 10.3. The van der Waals surface area contributed by atoms with Gasteiger partial charge in [-0.2, -0.15) is 0 Å². The summed E-state index contributed by atoms with van der Waals surface area (Å²) < 4.78 is 4.57. The molecule has 0 aromatic carbocycles. The summed E-state index contributed by atoms with van der Waals surface area (Å²) in [5, 5.41) is 0. The highest BCUT2D eigenvalue weighted by molar-refractivity contribution is 5.54. The van der Waals surface area contributed by atoms with Crippen LogP contribution in [0.1, 0.15) is 20.3 Å². The Hall–Kier alpha value is -0.860. The second-order valence-electron chi connectivity index (χ2n) is 2.15. The maximum Gasteiger partial charge on any atom is 0.293 e. The van der Waals surface area contributed by atoms with Crippen LogP contribution < -0.4 is 0 Å². The van der Waals surface area contributed by atoms with E-state index < -0.39 is 0 Å². The Morgan fingerprint density at radius 1 is 1.50 bits per heavy atom. The molecule has 0 unspecified atom stereocenters. The van der Waals surface area contributed by atoms with Crippen molar-refractivity contribution in [3.63, 3.8) is 0 Å². The predicted molar refractivity (Wildman–Crippen MR) is 36.5 cm³/mol. The first-order valence-corrected chi connectivity index (χ1v) is 3.30. The molecule has 0 amide bonds. The monoisotopic (exact) mass is 144 g/mol. The molecular formula is C7H12O3. The third-order valence-corrected chi connectivity index (χ3v) is 1.52. The number of aldehydes is 1. The van der Waals surface area contributed by atoms with Crippen LogP contribution in [0.5, 0.6) is 0 Å². The van der Waals surface area contributed by atoms with Crippen LogP contribution in [-0.2, 0) is 14.3 Å². The van der Waals surface area contributed by atoms with E-state index in [9.17, 15) is 9.59 Å². The third-order valence-electron chi connectivity index (χ3n) is 1.52. The van der Waals surface area contributed by atoms with Crippen molar-refractivity contribution in [2.24, 2.45) is 5.92 Å². The number of hydrogen-bond acceptors (Lipinski definition) is 3. The Kier molecular flexibility index (Phi) is 4.54. The first-order valence-electron chi connectivity index (χ1n) is 3.30. The fourth-order valence-electron chi connectivity index (χ4n) is 0.727. The van der Waals surface area contributed by atoms with E-state index in [0.29, 0.717) is 12.9 Å². The minimum atomic E-state index is -0.292. The van der Waals surface area contributed by atoms with Gasteiger partial charge in [0.05, 0.1) is 5.92 Å². The van der Waals surface area contributed by atoms with Gasteiger partial charge in [-0.1, -0.05) is 6.92 Å². The van der Waals surface area contributed by atoms with Crippen molar-refractivity contribution in [3.05, 3.63) is 0 Å². The van der Waals surface area contributed by atoms with Crippen LogP contribution in [0.3, 0.4) is 0 Å². The first-order chi connectivity index (χ1) is 4.76. The van der Waals surface area contributed by atoms with E-state index in [1.807, 2.05) is 6.92 Å². The molecule has 2 atom stereocenters. The average molecular weight is 144 g/mol. The van der Waals surface area contributed by atoms with Gasteiger partial charge in [0.1, 0.15) is 12.4 Å². The second-order valence-corrected chi connectivity index (χ2v) is 2.15. The lowest BCUT2D eigenvalue weighted by molar-refractivity contribution is -0.136. The zero-order valence-corrected chi connectivity index (χ0v) is 6.24. The van der Waals surface area contributed by atoms with Gasteiger partial charge in [0.2, 0.25) is 0 Å². The summed E-state index contributed by atoms with van der Waals surface area (Å²) >= 11 is 0. The van der Waals surface area contributed by atoms with E-state index in [-0.39, 0.29) is 12.0 Å². The van der Waals surface area contributed by atoms with Crippen molar-refractivity contribution in [2.75, 3.05) is 0 Å².